The Hall–Kier alpha value is -0.940. The number of hydrogen-bond donors (Lipinski definition) is 1. The molecular formula is C8H11F5N2O. The highest BCUT2D eigenvalue weighted by Gasteiger charge is 2.41. The smallest absolute Gasteiger partial charge is 0.395 e. The minimum absolute atomic E-state index is 0.321. The molecule has 0 aliphatic rings. The number of nitriles is 1. The van der Waals surface area contributed by atoms with Crippen LogP contribution in [-0.4, -0.2) is 48.8 Å². The molecule has 0 radical (unpaired) electrons. The second kappa shape index (κ2) is 6.60. The monoisotopic (exact) mass is 246 g/mol. The molecule has 3 nitrogen and oxygen atoms in total. The topological polar surface area (TPSA) is 47.3 Å². The predicted octanol–water partition coefficient (Wildman–Crippen LogP) is 1.25. The third kappa shape index (κ3) is 5.82. The van der Waals surface area contributed by atoms with Gasteiger partial charge in [0, 0.05) is 13.1 Å². The summed E-state index contributed by atoms with van der Waals surface area (Å²) >= 11 is 0. The van der Waals surface area contributed by atoms with Gasteiger partial charge in [-0.2, -0.15) is 18.4 Å². The van der Waals surface area contributed by atoms with Gasteiger partial charge >= 0.3 is 6.18 Å². The van der Waals surface area contributed by atoms with Crippen LogP contribution in [0.1, 0.15) is 0 Å². The first kappa shape index (κ1) is 15.1. The molecule has 0 aliphatic heterocycles. The summed E-state index contributed by atoms with van der Waals surface area (Å²) in [6.07, 6.45) is -7.55. The van der Waals surface area contributed by atoms with Crippen molar-refractivity contribution >= 4 is 0 Å². The summed E-state index contributed by atoms with van der Waals surface area (Å²) in [5.74, 6) is -2.32. The fraction of sp³-hybridized carbons (Fsp3) is 0.875. The SMILES string of the molecule is N#CC(CN(CCO)CC(F)F)C(F)(F)F. The summed E-state index contributed by atoms with van der Waals surface area (Å²) in [7, 11) is 0. The van der Waals surface area contributed by atoms with Gasteiger partial charge in [0.15, 0.2) is 5.92 Å². The number of rotatable bonds is 6. The predicted molar refractivity (Wildman–Crippen MR) is 44.7 cm³/mol. The Balaban J connectivity index is 4.42. The van der Waals surface area contributed by atoms with Crippen LogP contribution in [0, 0.1) is 17.2 Å². The van der Waals surface area contributed by atoms with Gasteiger partial charge in [-0.05, 0) is 0 Å². The van der Waals surface area contributed by atoms with Crippen molar-refractivity contribution in [2.24, 2.45) is 5.92 Å². The highest BCUT2D eigenvalue weighted by Crippen LogP contribution is 2.26. The number of aliphatic hydroxyl groups is 1. The molecule has 0 rings (SSSR count). The molecule has 0 aromatic carbocycles. The van der Waals surface area contributed by atoms with Crippen molar-refractivity contribution in [1.29, 1.82) is 5.26 Å². The van der Waals surface area contributed by atoms with Gasteiger partial charge in [0.2, 0.25) is 0 Å². The summed E-state index contributed by atoms with van der Waals surface area (Å²) in [4.78, 5) is 0.714. The molecule has 0 amide bonds. The zero-order chi connectivity index (χ0) is 12.8. The van der Waals surface area contributed by atoms with Gasteiger partial charge in [-0.3, -0.25) is 4.90 Å². The van der Waals surface area contributed by atoms with E-state index in [2.05, 4.69) is 0 Å². The van der Waals surface area contributed by atoms with E-state index in [0.29, 0.717) is 4.90 Å². The molecule has 8 heteroatoms. The van der Waals surface area contributed by atoms with E-state index in [4.69, 9.17) is 10.4 Å². The van der Waals surface area contributed by atoms with E-state index in [0.717, 1.165) is 6.07 Å². The van der Waals surface area contributed by atoms with Gasteiger partial charge < -0.3 is 5.11 Å². The van der Waals surface area contributed by atoms with Gasteiger partial charge in [-0.1, -0.05) is 0 Å². The van der Waals surface area contributed by atoms with E-state index in [-0.39, 0.29) is 6.54 Å². The quantitative estimate of drug-likeness (QED) is 0.717. The van der Waals surface area contributed by atoms with Crippen molar-refractivity contribution in [3.63, 3.8) is 0 Å². The van der Waals surface area contributed by atoms with E-state index in [1.807, 2.05) is 0 Å². The number of halogens is 5. The van der Waals surface area contributed by atoms with Gasteiger partial charge in [-0.15, -0.1) is 0 Å². The van der Waals surface area contributed by atoms with Crippen LogP contribution in [0.3, 0.4) is 0 Å². The van der Waals surface area contributed by atoms with E-state index in [1.54, 1.807) is 0 Å². The lowest BCUT2D eigenvalue weighted by Gasteiger charge is -2.24. The first-order valence-corrected chi connectivity index (χ1v) is 4.39. The van der Waals surface area contributed by atoms with Crippen molar-refractivity contribution in [3.05, 3.63) is 0 Å². The summed E-state index contributed by atoms with van der Waals surface area (Å²) in [6.45, 7) is -2.61. The third-order valence-corrected chi connectivity index (χ3v) is 1.80. The minimum atomic E-state index is -4.75. The Morgan fingerprint density at radius 1 is 1.25 bits per heavy atom. The lowest BCUT2D eigenvalue weighted by atomic mass is 10.1. The molecule has 0 saturated heterocycles. The normalized spacial score (nSPS) is 14.2. The van der Waals surface area contributed by atoms with Crippen LogP contribution in [0.5, 0.6) is 0 Å². The lowest BCUT2D eigenvalue weighted by molar-refractivity contribution is -0.164. The van der Waals surface area contributed by atoms with Crippen LogP contribution in [0.15, 0.2) is 0 Å². The fourth-order valence-electron chi connectivity index (χ4n) is 1.07. The average molecular weight is 246 g/mol. The third-order valence-electron chi connectivity index (χ3n) is 1.80. The molecule has 0 bridgehead atoms. The highest BCUT2D eigenvalue weighted by atomic mass is 19.4. The maximum Gasteiger partial charge on any atom is 0.405 e. The van der Waals surface area contributed by atoms with E-state index in [9.17, 15) is 22.0 Å². The number of alkyl halides is 5. The Labute approximate surface area is 89.1 Å². The molecule has 0 aliphatic carbocycles. The van der Waals surface area contributed by atoms with Crippen LogP contribution in [0.4, 0.5) is 22.0 Å². The first-order chi connectivity index (χ1) is 7.31. The van der Waals surface area contributed by atoms with Crippen LogP contribution < -0.4 is 0 Å². The lowest BCUT2D eigenvalue weighted by Crippen LogP contribution is -2.39. The van der Waals surface area contributed by atoms with Crippen molar-refractivity contribution in [3.8, 4) is 6.07 Å². The second-order valence-electron chi connectivity index (χ2n) is 3.10. The van der Waals surface area contributed by atoms with Crippen molar-refractivity contribution < 1.29 is 27.1 Å². The van der Waals surface area contributed by atoms with Crippen LogP contribution >= 0.6 is 0 Å². The Morgan fingerprint density at radius 2 is 1.81 bits per heavy atom. The molecule has 0 aromatic rings. The van der Waals surface area contributed by atoms with E-state index >= 15 is 0 Å². The number of aliphatic hydroxyl groups excluding tert-OH is 1. The minimum Gasteiger partial charge on any atom is -0.395 e. The van der Waals surface area contributed by atoms with Crippen LogP contribution in [0.25, 0.3) is 0 Å². The molecule has 0 heterocycles. The number of nitrogens with zero attached hydrogens (tertiary/aromatic N) is 2. The molecule has 1 atom stereocenters. The van der Waals surface area contributed by atoms with Gasteiger partial charge in [0.05, 0.1) is 19.2 Å². The summed E-state index contributed by atoms with van der Waals surface area (Å²) in [5.41, 5.74) is 0. The van der Waals surface area contributed by atoms with Gasteiger partial charge in [0.25, 0.3) is 6.43 Å². The zero-order valence-electron chi connectivity index (χ0n) is 8.21. The molecule has 94 valence electrons. The Kier molecular flexibility index (Phi) is 6.21. The van der Waals surface area contributed by atoms with Crippen molar-refractivity contribution in [1.82, 2.24) is 4.90 Å². The molecular weight excluding hydrogens is 235 g/mol. The van der Waals surface area contributed by atoms with Crippen molar-refractivity contribution in [2.75, 3.05) is 26.2 Å². The number of hydrogen-bond acceptors (Lipinski definition) is 3. The van der Waals surface area contributed by atoms with Crippen LogP contribution in [-0.2, 0) is 0 Å². The zero-order valence-corrected chi connectivity index (χ0v) is 8.21. The first-order valence-electron chi connectivity index (χ1n) is 4.39. The molecule has 0 aromatic heterocycles. The fourth-order valence-corrected chi connectivity index (χ4v) is 1.07. The van der Waals surface area contributed by atoms with Crippen LogP contribution in [0.2, 0.25) is 0 Å². The van der Waals surface area contributed by atoms with Crippen molar-refractivity contribution in [2.45, 2.75) is 12.6 Å². The van der Waals surface area contributed by atoms with Gasteiger partial charge in [-0.25, -0.2) is 8.78 Å². The molecule has 0 saturated carbocycles. The second-order valence-corrected chi connectivity index (χ2v) is 3.10. The Bertz CT molecular complexity index is 238. The largest absolute Gasteiger partial charge is 0.405 e. The van der Waals surface area contributed by atoms with E-state index < -0.39 is 38.2 Å². The summed E-state index contributed by atoms with van der Waals surface area (Å²) in [5, 5.41) is 16.8. The summed E-state index contributed by atoms with van der Waals surface area (Å²) in [6, 6.07) is 1.01. The standard InChI is InChI=1S/C8H11F5N2O/c9-7(10)5-15(1-2-16)4-6(3-14)8(11,12)13/h6-7,16H,1-2,4-5H2. The maximum atomic E-state index is 12.2. The van der Waals surface area contributed by atoms with E-state index in [1.165, 1.54) is 0 Å². The maximum absolute atomic E-state index is 12.2. The Morgan fingerprint density at radius 3 is 2.12 bits per heavy atom. The average Bonchev–Trinajstić information content (AvgIpc) is 2.11. The molecule has 0 fully saturated rings. The molecule has 16 heavy (non-hydrogen) atoms. The molecule has 1 N–H and O–H groups in total. The summed E-state index contributed by atoms with van der Waals surface area (Å²) < 4.78 is 60.4. The highest BCUT2D eigenvalue weighted by molar-refractivity contribution is 4.90. The molecule has 0 spiro atoms. The van der Waals surface area contributed by atoms with Gasteiger partial charge in [0.1, 0.15) is 0 Å². The molecule has 1 unspecified atom stereocenters.